The van der Waals surface area contributed by atoms with Gasteiger partial charge in [0.05, 0.1) is 10.4 Å². The third-order valence-corrected chi connectivity index (χ3v) is 8.03. The van der Waals surface area contributed by atoms with Gasteiger partial charge in [-0.1, -0.05) is 42.5 Å². The van der Waals surface area contributed by atoms with Gasteiger partial charge in [-0.05, 0) is 49.0 Å². The SMILES string of the molecule is CN1CCN(S(=O)(=O)c2ccc(Nc3nc(NCc4ccccc4)c4ccccc4n3)cc2)CC1. The summed E-state index contributed by atoms with van der Waals surface area (Å²) < 4.78 is 27.5. The van der Waals surface area contributed by atoms with E-state index >= 15 is 0 Å². The minimum Gasteiger partial charge on any atom is -0.365 e. The number of sulfonamides is 1. The molecule has 0 radical (unpaired) electrons. The zero-order valence-electron chi connectivity index (χ0n) is 19.6. The fraction of sp³-hybridized carbons (Fsp3) is 0.231. The number of anilines is 3. The van der Waals surface area contributed by atoms with Crippen LogP contribution in [0.3, 0.4) is 0 Å². The summed E-state index contributed by atoms with van der Waals surface area (Å²) in [6, 6.07) is 24.7. The number of aromatic nitrogens is 2. The van der Waals surface area contributed by atoms with Crippen LogP contribution in [0.5, 0.6) is 0 Å². The second kappa shape index (κ2) is 9.99. The molecule has 8 nitrogen and oxygen atoms in total. The van der Waals surface area contributed by atoms with E-state index in [1.807, 2.05) is 49.5 Å². The lowest BCUT2D eigenvalue weighted by atomic mass is 10.2. The maximum absolute atomic E-state index is 13.0. The monoisotopic (exact) mass is 488 g/mol. The molecule has 1 saturated heterocycles. The lowest BCUT2D eigenvalue weighted by Gasteiger charge is -2.31. The van der Waals surface area contributed by atoms with Gasteiger partial charge in [0, 0.05) is 43.8 Å². The number of nitrogens with zero attached hydrogens (tertiary/aromatic N) is 4. The van der Waals surface area contributed by atoms with Crippen LogP contribution < -0.4 is 10.6 Å². The van der Waals surface area contributed by atoms with Crippen LogP contribution in [0.15, 0.2) is 83.8 Å². The minimum atomic E-state index is -3.51. The number of fused-ring (bicyclic) bond motifs is 1. The average Bonchev–Trinajstić information content (AvgIpc) is 2.88. The van der Waals surface area contributed by atoms with Gasteiger partial charge in [-0.2, -0.15) is 9.29 Å². The number of rotatable bonds is 7. The first kappa shape index (κ1) is 23.2. The van der Waals surface area contributed by atoms with E-state index in [1.165, 1.54) is 0 Å². The summed E-state index contributed by atoms with van der Waals surface area (Å²) in [5.41, 5.74) is 2.68. The largest absolute Gasteiger partial charge is 0.365 e. The van der Waals surface area contributed by atoms with Crippen molar-refractivity contribution in [2.75, 3.05) is 43.9 Å². The van der Waals surface area contributed by atoms with E-state index in [0.29, 0.717) is 31.3 Å². The molecule has 35 heavy (non-hydrogen) atoms. The molecular formula is C26H28N6O2S. The first-order valence-electron chi connectivity index (χ1n) is 11.6. The van der Waals surface area contributed by atoms with Crippen LogP contribution >= 0.6 is 0 Å². The van der Waals surface area contributed by atoms with E-state index in [9.17, 15) is 8.42 Å². The molecule has 0 aliphatic carbocycles. The lowest BCUT2D eigenvalue weighted by Crippen LogP contribution is -2.46. The molecule has 9 heteroatoms. The van der Waals surface area contributed by atoms with Crippen LogP contribution in [-0.2, 0) is 16.6 Å². The molecule has 180 valence electrons. The van der Waals surface area contributed by atoms with Crippen LogP contribution in [0.25, 0.3) is 10.9 Å². The molecule has 1 aromatic heterocycles. The highest BCUT2D eigenvalue weighted by molar-refractivity contribution is 7.89. The summed E-state index contributed by atoms with van der Waals surface area (Å²) in [4.78, 5) is 11.8. The van der Waals surface area contributed by atoms with Crippen molar-refractivity contribution in [1.29, 1.82) is 0 Å². The molecule has 1 aliphatic rings. The lowest BCUT2D eigenvalue weighted by molar-refractivity contribution is 0.222. The molecule has 4 aromatic rings. The van der Waals surface area contributed by atoms with E-state index < -0.39 is 10.0 Å². The first-order valence-corrected chi connectivity index (χ1v) is 13.0. The van der Waals surface area contributed by atoms with Crippen molar-refractivity contribution in [3.05, 3.63) is 84.4 Å². The number of benzene rings is 3. The Labute approximate surface area is 205 Å². The predicted molar refractivity (Wildman–Crippen MR) is 139 cm³/mol. The number of hydrogen-bond acceptors (Lipinski definition) is 7. The molecule has 0 spiro atoms. The number of nitrogens with one attached hydrogen (secondary N) is 2. The van der Waals surface area contributed by atoms with Crippen molar-refractivity contribution >= 4 is 38.4 Å². The third kappa shape index (κ3) is 5.27. The molecule has 2 N–H and O–H groups in total. The second-order valence-electron chi connectivity index (χ2n) is 8.61. The van der Waals surface area contributed by atoms with Crippen LogP contribution in [0.4, 0.5) is 17.5 Å². The van der Waals surface area contributed by atoms with E-state index in [1.54, 1.807) is 28.6 Å². The Kier molecular flexibility index (Phi) is 6.63. The summed E-state index contributed by atoms with van der Waals surface area (Å²) in [5, 5.41) is 7.57. The third-order valence-electron chi connectivity index (χ3n) is 6.12. The predicted octanol–water partition coefficient (Wildman–Crippen LogP) is 3.92. The molecule has 5 rings (SSSR count). The highest BCUT2D eigenvalue weighted by Gasteiger charge is 2.27. The van der Waals surface area contributed by atoms with Gasteiger partial charge in [-0.15, -0.1) is 0 Å². The Morgan fingerprint density at radius 2 is 1.51 bits per heavy atom. The summed E-state index contributed by atoms with van der Waals surface area (Å²) in [7, 11) is -1.50. The van der Waals surface area contributed by atoms with E-state index in [4.69, 9.17) is 4.98 Å². The molecule has 1 fully saturated rings. The maximum atomic E-state index is 13.0. The standard InChI is InChI=1S/C26H28N6O2S/c1-31-15-17-32(18-16-31)35(33,34)22-13-11-21(12-14-22)28-26-29-24-10-6-5-9-23(24)25(30-26)27-19-20-7-3-2-4-8-20/h2-14H,15-19H2,1H3,(H2,27,28,29,30). The van der Waals surface area contributed by atoms with Gasteiger partial charge in [0.1, 0.15) is 5.82 Å². The topological polar surface area (TPSA) is 90.5 Å². The normalized spacial score (nSPS) is 15.2. The number of para-hydroxylation sites is 1. The maximum Gasteiger partial charge on any atom is 0.243 e. The average molecular weight is 489 g/mol. The molecule has 2 heterocycles. The Balaban J connectivity index is 1.35. The Morgan fingerprint density at radius 3 is 2.26 bits per heavy atom. The van der Waals surface area contributed by atoms with Crippen LogP contribution in [-0.4, -0.2) is 60.8 Å². The van der Waals surface area contributed by atoms with Crippen molar-refractivity contribution in [2.45, 2.75) is 11.4 Å². The number of hydrogen-bond donors (Lipinski definition) is 2. The van der Waals surface area contributed by atoms with Gasteiger partial charge in [-0.25, -0.2) is 13.4 Å². The second-order valence-corrected chi connectivity index (χ2v) is 10.5. The Morgan fingerprint density at radius 1 is 0.829 bits per heavy atom. The highest BCUT2D eigenvalue weighted by Crippen LogP contribution is 2.25. The number of piperazine rings is 1. The van der Waals surface area contributed by atoms with Gasteiger partial charge in [0.2, 0.25) is 16.0 Å². The zero-order valence-corrected chi connectivity index (χ0v) is 20.4. The summed E-state index contributed by atoms with van der Waals surface area (Å²) in [6.45, 7) is 3.11. The van der Waals surface area contributed by atoms with Gasteiger partial charge < -0.3 is 15.5 Å². The van der Waals surface area contributed by atoms with E-state index in [2.05, 4.69) is 32.7 Å². The molecule has 0 atom stereocenters. The number of likely N-dealkylation sites (N-methyl/N-ethyl adjacent to an activating group) is 1. The quantitative estimate of drug-likeness (QED) is 0.407. The molecule has 0 amide bonds. The summed E-state index contributed by atoms with van der Waals surface area (Å²) in [6.07, 6.45) is 0. The van der Waals surface area contributed by atoms with Crippen molar-refractivity contribution in [1.82, 2.24) is 19.2 Å². The molecular weight excluding hydrogens is 460 g/mol. The van der Waals surface area contributed by atoms with E-state index in [-0.39, 0.29) is 4.90 Å². The first-order chi connectivity index (χ1) is 17.0. The van der Waals surface area contributed by atoms with Crippen molar-refractivity contribution < 1.29 is 8.42 Å². The summed E-state index contributed by atoms with van der Waals surface area (Å²) >= 11 is 0. The van der Waals surface area contributed by atoms with Crippen molar-refractivity contribution in [3.8, 4) is 0 Å². The molecule has 0 unspecified atom stereocenters. The summed E-state index contributed by atoms with van der Waals surface area (Å²) in [5.74, 6) is 1.17. The Bertz CT molecular complexity index is 1400. The molecule has 3 aromatic carbocycles. The van der Waals surface area contributed by atoms with E-state index in [0.717, 1.165) is 35.4 Å². The zero-order chi connectivity index (χ0) is 24.3. The smallest absolute Gasteiger partial charge is 0.243 e. The molecule has 0 bridgehead atoms. The molecule has 1 aliphatic heterocycles. The van der Waals surface area contributed by atoms with Crippen LogP contribution in [0, 0.1) is 0 Å². The minimum absolute atomic E-state index is 0.289. The highest BCUT2D eigenvalue weighted by atomic mass is 32.2. The van der Waals surface area contributed by atoms with Gasteiger partial charge >= 0.3 is 0 Å². The Hall–Kier alpha value is -3.53. The fourth-order valence-electron chi connectivity index (χ4n) is 4.07. The van der Waals surface area contributed by atoms with Crippen LogP contribution in [0.2, 0.25) is 0 Å². The van der Waals surface area contributed by atoms with Crippen molar-refractivity contribution in [3.63, 3.8) is 0 Å². The van der Waals surface area contributed by atoms with Gasteiger partial charge in [-0.3, -0.25) is 0 Å². The molecule has 0 saturated carbocycles. The van der Waals surface area contributed by atoms with Crippen molar-refractivity contribution in [2.24, 2.45) is 0 Å². The van der Waals surface area contributed by atoms with Gasteiger partial charge in [0.25, 0.3) is 0 Å². The van der Waals surface area contributed by atoms with Crippen LogP contribution in [0.1, 0.15) is 5.56 Å². The fourth-order valence-corrected chi connectivity index (χ4v) is 5.49. The van der Waals surface area contributed by atoms with Gasteiger partial charge in [0.15, 0.2) is 0 Å².